The van der Waals surface area contributed by atoms with Crippen molar-refractivity contribution in [2.24, 2.45) is 11.3 Å². The van der Waals surface area contributed by atoms with E-state index in [9.17, 15) is 4.79 Å². The first kappa shape index (κ1) is 13.3. The molecule has 3 rings (SSSR count). The number of nitrogens with one attached hydrogen (secondary N) is 1. The van der Waals surface area contributed by atoms with E-state index in [1.165, 1.54) is 12.4 Å². The van der Waals surface area contributed by atoms with E-state index in [0.29, 0.717) is 17.8 Å². The van der Waals surface area contributed by atoms with Gasteiger partial charge in [0.25, 0.3) is 0 Å². The first-order valence-corrected chi connectivity index (χ1v) is 6.93. The maximum atomic E-state index is 10.8. The van der Waals surface area contributed by atoms with Gasteiger partial charge in [-0.05, 0) is 12.8 Å². The predicted octanol–water partition coefficient (Wildman–Crippen LogP) is 1.79. The summed E-state index contributed by atoms with van der Waals surface area (Å²) >= 11 is 0. The molecule has 0 spiro atoms. The Morgan fingerprint density at radius 2 is 2.25 bits per heavy atom. The van der Waals surface area contributed by atoms with Crippen LogP contribution >= 0.6 is 0 Å². The first-order chi connectivity index (χ1) is 9.50. The molecule has 1 aromatic heterocycles. The maximum absolute atomic E-state index is 10.8. The minimum Gasteiger partial charge on any atom is -0.476 e. The van der Waals surface area contributed by atoms with Crippen molar-refractivity contribution < 1.29 is 14.6 Å². The average molecular weight is 277 g/mol. The zero-order valence-electron chi connectivity index (χ0n) is 11.7. The lowest BCUT2D eigenvalue weighted by molar-refractivity contribution is -0.177. The quantitative estimate of drug-likeness (QED) is 0.876. The number of carboxylic acid groups (broad SMARTS) is 1. The number of anilines is 1. The number of hydrogen-bond donors (Lipinski definition) is 2. The number of hydrogen-bond acceptors (Lipinski definition) is 5. The van der Waals surface area contributed by atoms with E-state index >= 15 is 0 Å². The highest BCUT2D eigenvalue weighted by Crippen LogP contribution is 2.52. The molecule has 2 aliphatic rings. The molecule has 1 aromatic rings. The molecule has 0 radical (unpaired) electrons. The SMILES string of the molecule is CC1(C)C(Nc2cnc(C(=O)O)cn2)C2CCCOC21. The molecule has 0 aromatic carbocycles. The van der Waals surface area contributed by atoms with E-state index in [1.807, 2.05) is 0 Å². The van der Waals surface area contributed by atoms with E-state index in [4.69, 9.17) is 9.84 Å². The van der Waals surface area contributed by atoms with Gasteiger partial charge >= 0.3 is 5.97 Å². The topological polar surface area (TPSA) is 84.3 Å². The average Bonchev–Trinajstić information content (AvgIpc) is 2.45. The van der Waals surface area contributed by atoms with Crippen molar-refractivity contribution in [3.8, 4) is 0 Å². The second kappa shape index (κ2) is 4.70. The van der Waals surface area contributed by atoms with E-state index in [0.717, 1.165) is 19.4 Å². The van der Waals surface area contributed by atoms with Crippen LogP contribution in [0.5, 0.6) is 0 Å². The van der Waals surface area contributed by atoms with Crippen LogP contribution in [-0.2, 0) is 4.74 Å². The fourth-order valence-electron chi connectivity index (χ4n) is 3.49. The Bertz CT molecular complexity index is 515. The molecular formula is C14H19N3O3. The second-order valence-corrected chi connectivity index (χ2v) is 6.13. The lowest BCUT2D eigenvalue weighted by Gasteiger charge is -2.60. The number of rotatable bonds is 3. The summed E-state index contributed by atoms with van der Waals surface area (Å²) in [4.78, 5) is 18.8. The van der Waals surface area contributed by atoms with Crippen LogP contribution in [-0.4, -0.2) is 39.8 Å². The zero-order valence-corrected chi connectivity index (χ0v) is 11.7. The van der Waals surface area contributed by atoms with Gasteiger partial charge in [-0.25, -0.2) is 14.8 Å². The fourth-order valence-corrected chi connectivity index (χ4v) is 3.49. The molecule has 2 N–H and O–H groups in total. The normalized spacial score (nSPS) is 31.0. The van der Waals surface area contributed by atoms with Crippen molar-refractivity contribution >= 4 is 11.8 Å². The van der Waals surface area contributed by atoms with Crippen molar-refractivity contribution in [2.45, 2.75) is 38.8 Å². The van der Waals surface area contributed by atoms with Gasteiger partial charge in [0.15, 0.2) is 5.69 Å². The predicted molar refractivity (Wildman–Crippen MR) is 72.6 cm³/mol. The van der Waals surface area contributed by atoms with E-state index < -0.39 is 5.97 Å². The van der Waals surface area contributed by atoms with Crippen LogP contribution in [0, 0.1) is 11.3 Å². The van der Waals surface area contributed by atoms with E-state index in [1.54, 1.807) is 0 Å². The van der Waals surface area contributed by atoms with E-state index in [2.05, 4.69) is 29.1 Å². The Morgan fingerprint density at radius 3 is 2.90 bits per heavy atom. The highest BCUT2D eigenvalue weighted by Gasteiger charge is 2.58. The Hall–Kier alpha value is -1.69. The number of nitrogens with zero attached hydrogens (tertiary/aromatic N) is 2. The van der Waals surface area contributed by atoms with Crippen LogP contribution in [0.15, 0.2) is 12.4 Å². The molecule has 1 saturated carbocycles. The molecule has 1 aliphatic heterocycles. The van der Waals surface area contributed by atoms with Crippen LogP contribution in [0.4, 0.5) is 5.82 Å². The minimum atomic E-state index is -1.06. The standard InChI is InChI=1S/C14H19N3O3/c1-14(2)11(8-4-3-5-20-12(8)14)17-10-7-15-9(6-16-10)13(18)19/h6-8,11-12H,3-5H2,1-2H3,(H,16,17)(H,18,19). The third-order valence-corrected chi connectivity index (χ3v) is 4.51. The van der Waals surface area contributed by atoms with Crippen molar-refractivity contribution in [1.29, 1.82) is 0 Å². The fraction of sp³-hybridized carbons (Fsp3) is 0.643. The van der Waals surface area contributed by atoms with Gasteiger partial charge in [-0.1, -0.05) is 13.8 Å². The van der Waals surface area contributed by atoms with Crippen LogP contribution in [0.25, 0.3) is 0 Å². The molecule has 0 bridgehead atoms. The van der Waals surface area contributed by atoms with Crippen LogP contribution in [0.2, 0.25) is 0 Å². The minimum absolute atomic E-state index is 0.0395. The van der Waals surface area contributed by atoms with Gasteiger partial charge in [-0.15, -0.1) is 0 Å². The number of ether oxygens (including phenoxy) is 1. The Labute approximate surface area is 117 Å². The van der Waals surface area contributed by atoms with Gasteiger partial charge < -0.3 is 15.2 Å². The lowest BCUT2D eigenvalue weighted by Crippen LogP contribution is -2.67. The first-order valence-electron chi connectivity index (χ1n) is 6.93. The number of aromatic nitrogens is 2. The molecule has 2 fully saturated rings. The van der Waals surface area contributed by atoms with Gasteiger partial charge in [-0.3, -0.25) is 0 Å². The summed E-state index contributed by atoms with van der Waals surface area (Å²) < 4.78 is 5.86. The molecule has 1 aliphatic carbocycles. The summed E-state index contributed by atoms with van der Waals surface area (Å²) in [5, 5.41) is 12.2. The highest BCUT2D eigenvalue weighted by atomic mass is 16.5. The summed E-state index contributed by atoms with van der Waals surface area (Å²) in [5.41, 5.74) is 0.0143. The molecule has 6 nitrogen and oxygen atoms in total. The number of carbonyl (C=O) groups is 1. The Balaban J connectivity index is 1.72. The van der Waals surface area contributed by atoms with Gasteiger partial charge in [-0.2, -0.15) is 0 Å². The van der Waals surface area contributed by atoms with Crippen LogP contribution in [0.3, 0.4) is 0 Å². The molecular weight excluding hydrogens is 258 g/mol. The molecule has 2 heterocycles. The smallest absolute Gasteiger partial charge is 0.356 e. The zero-order chi connectivity index (χ0) is 14.3. The lowest BCUT2D eigenvalue weighted by atomic mass is 9.55. The maximum Gasteiger partial charge on any atom is 0.356 e. The van der Waals surface area contributed by atoms with Crippen molar-refractivity contribution in [1.82, 2.24) is 9.97 Å². The number of fused-ring (bicyclic) bond motifs is 1. The third kappa shape index (κ3) is 2.04. The third-order valence-electron chi connectivity index (χ3n) is 4.51. The van der Waals surface area contributed by atoms with Gasteiger partial charge in [0, 0.05) is 24.0 Å². The van der Waals surface area contributed by atoms with Crippen molar-refractivity contribution in [2.75, 3.05) is 11.9 Å². The summed E-state index contributed by atoms with van der Waals surface area (Å²) in [5.74, 6) is 0.0607. The Morgan fingerprint density at radius 1 is 1.45 bits per heavy atom. The number of carboxylic acids is 1. The van der Waals surface area contributed by atoms with Gasteiger partial charge in [0.2, 0.25) is 0 Å². The van der Waals surface area contributed by atoms with Crippen LogP contribution in [0.1, 0.15) is 37.2 Å². The summed E-state index contributed by atoms with van der Waals surface area (Å²) in [7, 11) is 0. The molecule has 108 valence electrons. The molecule has 6 heteroatoms. The number of aromatic carboxylic acids is 1. The highest BCUT2D eigenvalue weighted by molar-refractivity contribution is 5.84. The summed E-state index contributed by atoms with van der Waals surface area (Å²) in [6.07, 6.45) is 5.33. The largest absolute Gasteiger partial charge is 0.476 e. The molecule has 3 atom stereocenters. The van der Waals surface area contributed by atoms with Crippen molar-refractivity contribution in [3.05, 3.63) is 18.1 Å². The molecule has 20 heavy (non-hydrogen) atoms. The monoisotopic (exact) mass is 277 g/mol. The molecule has 0 amide bonds. The summed E-state index contributed by atoms with van der Waals surface area (Å²) in [6.45, 7) is 5.23. The molecule has 1 saturated heterocycles. The van der Waals surface area contributed by atoms with E-state index in [-0.39, 0.29) is 17.2 Å². The van der Waals surface area contributed by atoms with Gasteiger partial charge in [0.05, 0.1) is 18.5 Å². The second-order valence-electron chi connectivity index (χ2n) is 6.13. The molecule has 3 unspecified atom stereocenters. The Kier molecular flexibility index (Phi) is 3.12. The van der Waals surface area contributed by atoms with Gasteiger partial charge in [0.1, 0.15) is 5.82 Å². The summed E-state index contributed by atoms with van der Waals surface area (Å²) in [6, 6.07) is 0.290. The van der Waals surface area contributed by atoms with Crippen LogP contribution < -0.4 is 5.32 Å². The van der Waals surface area contributed by atoms with Crippen molar-refractivity contribution in [3.63, 3.8) is 0 Å².